The van der Waals surface area contributed by atoms with E-state index in [0.29, 0.717) is 22.4 Å². The highest BCUT2D eigenvalue weighted by Gasteiger charge is 2.37. The number of hydrogen-bond donors (Lipinski definition) is 1. The molecular formula is C22H32BrFN6O3SSi. The molecule has 0 atom stereocenters. The van der Waals surface area contributed by atoms with Crippen LogP contribution in [-0.4, -0.2) is 60.8 Å². The first kappa shape index (κ1) is 27.7. The molecule has 0 aliphatic rings. The number of nitrogen functional groups attached to an aromatic ring is 1. The van der Waals surface area contributed by atoms with Crippen molar-refractivity contribution >= 4 is 51.3 Å². The van der Waals surface area contributed by atoms with Crippen molar-refractivity contribution in [3.63, 3.8) is 0 Å². The first-order valence-corrected chi connectivity index (χ1v) is 16.4. The Labute approximate surface area is 215 Å². The van der Waals surface area contributed by atoms with Gasteiger partial charge >= 0.3 is 6.08 Å². The van der Waals surface area contributed by atoms with Crippen LogP contribution in [0.15, 0.2) is 29.0 Å². The molecule has 0 radical (unpaired) electrons. The van der Waals surface area contributed by atoms with Crippen LogP contribution in [0.1, 0.15) is 31.9 Å². The summed E-state index contributed by atoms with van der Waals surface area (Å²) in [5.74, 6) is -0.195. The van der Waals surface area contributed by atoms with Gasteiger partial charge in [-0.25, -0.2) is 17.7 Å². The number of nitrogens with zero attached hydrogens (tertiary/aromatic N) is 5. The standard InChI is InChI=1S/C22H32BrFN6O3SSi/c1-22(2,3)35(5,6)33-11-10-29(4)34(31,32)14-16-9-7-8-15(12-16)13-30-19-17(26-20(30)23)18(25)27-21(24)28-19/h7-9,12H,10-11,13-14H2,1-6H3,(H2,25,27,28). The number of nitrogens with two attached hydrogens (primary N) is 1. The van der Waals surface area contributed by atoms with E-state index < -0.39 is 24.4 Å². The van der Waals surface area contributed by atoms with E-state index in [1.165, 1.54) is 4.31 Å². The van der Waals surface area contributed by atoms with Gasteiger partial charge in [0, 0.05) is 20.2 Å². The number of benzene rings is 1. The van der Waals surface area contributed by atoms with Crippen LogP contribution < -0.4 is 5.73 Å². The van der Waals surface area contributed by atoms with Crippen molar-refractivity contribution < 1.29 is 17.2 Å². The number of fused-ring (bicyclic) bond motifs is 1. The SMILES string of the molecule is CN(CCO[Si](C)(C)C(C)(C)C)S(=O)(=O)Cc1cccc(Cn2c(Br)nc3c(N)nc(F)nc32)c1. The Morgan fingerprint density at radius 2 is 1.86 bits per heavy atom. The molecule has 0 amide bonds. The molecular weight excluding hydrogens is 555 g/mol. The summed E-state index contributed by atoms with van der Waals surface area (Å²) in [4.78, 5) is 11.6. The molecule has 0 aliphatic heterocycles. The molecule has 0 bridgehead atoms. The first-order chi connectivity index (χ1) is 16.1. The third-order valence-electron chi connectivity index (χ3n) is 6.38. The number of imidazole rings is 1. The lowest BCUT2D eigenvalue weighted by Gasteiger charge is -2.36. The zero-order valence-electron chi connectivity index (χ0n) is 20.8. The molecule has 13 heteroatoms. The minimum absolute atomic E-state index is 0.0487. The van der Waals surface area contributed by atoms with E-state index in [2.05, 4.69) is 64.7 Å². The molecule has 9 nitrogen and oxygen atoms in total. The van der Waals surface area contributed by atoms with Gasteiger partial charge in [-0.1, -0.05) is 45.0 Å². The summed E-state index contributed by atoms with van der Waals surface area (Å²) in [7, 11) is -3.92. The number of halogens is 2. The van der Waals surface area contributed by atoms with Gasteiger partial charge in [0.25, 0.3) is 0 Å². The fourth-order valence-corrected chi connectivity index (χ4v) is 5.89. The Kier molecular flexibility index (Phi) is 8.06. The normalized spacial score (nSPS) is 13.2. The van der Waals surface area contributed by atoms with E-state index >= 15 is 0 Å². The van der Waals surface area contributed by atoms with Crippen molar-refractivity contribution in [1.29, 1.82) is 0 Å². The Morgan fingerprint density at radius 3 is 2.51 bits per heavy atom. The molecule has 1 aromatic carbocycles. The monoisotopic (exact) mass is 586 g/mol. The molecule has 3 rings (SSSR count). The van der Waals surface area contributed by atoms with Crippen molar-refractivity contribution in [2.75, 3.05) is 25.9 Å². The molecule has 35 heavy (non-hydrogen) atoms. The summed E-state index contributed by atoms with van der Waals surface area (Å²) in [6, 6.07) is 7.21. The average Bonchev–Trinajstić information content (AvgIpc) is 3.02. The van der Waals surface area contributed by atoms with Crippen LogP contribution in [-0.2, 0) is 26.7 Å². The predicted molar refractivity (Wildman–Crippen MR) is 141 cm³/mol. The zero-order chi connectivity index (χ0) is 26.2. The fourth-order valence-electron chi connectivity index (χ4n) is 3.21. The zero-order valence-corrected chi connectivity index (χ0v) is 24.2. The van der Waals surface area contributed by atoms with Gasteiger partial charge in [0.15, 0.2) is 30.0 Å². The second kappa shape index (κ2) is 10.2. The Morgan fingerprint density at radius 1 is 1.20 bits per heavy atom. The van der Waals surface area contributed by atoms with E-state index in [4.69, 9.17) is 10.2 Å². The van der Waals surface area contributed by atoms with Gasteiger partial charge in [-0.3, -0.25) is 4.57 Å². The highest BCUT2D eigenvalue weighted by molar-refractivity contribution is 9.10. The van der Waals surface area contributed by atoms with Crippen molar-refractivity contribution in [2.45, 2.75) is 51.2 Å². The average molecular weight is 588 g/mol. The topological polar surface area (TPSA) is 116 Å². The van der Waals surface area contributed by atoms with Crippen molar-refractivity contribution in [3.05, 3.63) is 46.2 Å². The van der Waals surface area contributed by atoms with Gasteiger partial charge in [-0.05, 0) is 45.2 Å². The smallest absolute Gasteiger partial charge is 0.312 e. The Hall–Kier alpha value is -1.93. The summed E-state index contributed by atoms with van der Waals surface area (Å²) in [6.07, 6.45) is -0.941. The van der Waals surface area contributed by atoms with E-state index in [1.54, 1.807) is 29.8 Å². The van der Waals surface area contributed by atoms with Gasteiger partial charge in [0.05, 0.1) is 12.3 Å². The molecule has 0 fully saturated rings. The first-order valence-electron chi connectivity index (χ1n) is 11.1. The molecule has 0 unspecified atom stereocenters. The van der Waals surface area contributed by atoms with Gasteiger partial charge in [0.1, 0.15) is 0 Å². The molecule has 192 valence electrons. The Bertz CT molecular complexity index is 1330. The maximum atomic E-state index is 13.7. The highest BCUT2D eigenvalue weighted by Crippen LogP contribution is 2.36. The molecule has 3 aromatic rings. The summed E-state index contributed by atoms with van der Waals surface area (Å²) in [5, 5.41) is 0.0595. The van der Waals surface area contributed by atoms with E-state index in [0.717, 1.165) is 5.56 Å². The van der Waals surface area contributed by atoms with Crippen LogP contribution in [0.4, 0.5) is 10.2 Å². The lowest BCUT2D eigenvalue weighted by molar-refractivity contribution is 0.263. The molecule has 0 aliphatic carbocycles. The fraction of sp³-hybridized carbons (Fsp3) is 0.500. The Balaban J connectivity index is 1.71. The predicted octanol–water partition coefficient (Wildman–Crippen LogP) is 4.14. The third kappa shape index (κ3) is 6.44. The summed E-state index contributed by atoms with van der Waals surface area (Å²) >= 11 is 3.36. The van der Waals surface area contributed by atoms with Gasteiger partial charge in [-0.2, -0.15) is 14.4 Å². The number of likely N-dealkylation sites (N-methyl/N-ethyl adjacent to an activating group) is 1. The van der Waals surface area contributed by atoms with E-state index in [1.807, 2.05) is 6.07 Å². The molecule has 2 heterocycles. The molecule has 2 aromatic heterocycles. The van der Waals surface area contributed by atoms with Crippen molar-refractivity contribution in [2.24, 2.45) is 0 Å². The van der Waals surface area contributed by atoms with Crippen LogP contribution in [0.2, 0.25) is 18.1 Å². The summed E-state index contributed by atoms with van der Waals surface area (Å²) < 4.78 is 49.2. The lowest BCUT2D eigenvalue weighted by Crippen LogP contribution is -2.43. The maximum absolute atomic E-state index is 13.7. The largest absolute Gasteiger partial charge is 0.415 e. The second-order valence-corrected chi connectivity index (χ2v) is 17.6. The maximum Gasteiger partial charge on any atom is 0.312 e. The van der Waals surface area contributed by atoms with Crippen LogP contribution in [0.5, 0.6) is 0 Å². The van der Waals surface area contributed by atoms with Crippen molar-refractivity contribution in [1.82, 2.24) is 23.8 Å². The molecule has 2 N–H and O–H groups in total. The number of aromatic nitrogens is 4. The van der Waals surface area contributed by atoms with Gasteiger partial charge in [-0.15, -0.1) is 0 Å². The highest BCUT2D eigenvalue weighted by atomic mass is 79.9. The minimum atomic E-state index is -3.55. The molecule has 0 saturated carbocycles. The number of rotatable bonds is 9. The quantitative estimate of drug-likeness (QED) is 0.227. The summed E-state index contributed by atoms with van der Waals surface area (Å²) in [5.41, 5.74) is 7.75. The molecule has 0 saturated heterocycles. The van der Waals surface area contributed by atoms with Crippen molar-refractivity contribution in [3.8, 4) is 0 Å². The number of sulfonamides is 1. The second-order valence-electron chi connectivity index (χ2n) is 10.0. The van der Waals surface area contributed by atoms with E-state index in [9.17, 15) is 12.8 Å². The lowest BCUT2D eigenvalue weighted by atomic mass is 10.1. The van der Waals surface area contributed by atoms with Crippen LogP contribution >= 0.6 is 15.9 Å². The number of anilines is 1. The molecule has 0 spiro atoms. The van der Waals surface area contributed by atoms with Crippen LogP contribution in [0, 0.1) is 6.08 Å². The minimum Gasteiger partial charge on any atom is -0.415 e. The van der Waals surface area contributed by atoms with Gasteiger partial charge in [0.2, 0.25) is 10.0 Å². The third-order valence-corrected chi connectivity index (χ3v) is 13.4. The summed E-state index contributed by atoms with van der Waals surface area (Å²) in [6.45, 7) is 11.7. The number of hydrogen-bond acceptors (Lipinski definition) is 7. The van der Waals surface area contributed by atoms with E-state index in [-0.39, 0.29) is 35.3 Å². The van der Waals surface area contributed by atoms with Crippen LogP contribution in [0.25, 0.3) is 11.2 Å². The van der Waals surface area contributed by atoms with Gasteiger partial charge < -0.3 is 10.2 Å². The van der Waals surface area contributed by atoms with Crippen LogP contribution in [0.3, 0.4) is 0 Å².